The van der Waals surface area contributed by atoms with Gasteiger partial charge in [0.15, 0.2) is 5.78 Å². The summed E-state index contributed by atoms with van der Waals surface area (Å²) in [6.45, 7) is 8.03. The van der Waals surface area contributed by atoms with Crippen molar-refractivity contribution in [3.63, 3.8) is 0 Å². The molecular formula is C23H29N3O5. The van der Waals surface area contributed by atoms with E-state index in [0.717, 1.165) is 5.56 Å². The quantitative estimate of drug-likeness (QED) is 0.530. The van der Waals surface area contributed by atoms with Crippen molar-refractivity contribution in [2.24, 2.45) is 5.92 Å². The number of anilines is 1. The summed E-state index contributed by atoms with van der Waals surface area (Å²) >= 11 is 0. The number of methoxy groups -OCH3 is 2. The molecule has 0 amide bonds. The van der Waals surface area contributed by atoms with Gasteiger partial charge in [0.05, 0.1) is 19.8 Å². The molecule has 1 aliphatic heterocycles. The molecule has 0 saturated carbocycles. The summed E-state index contributed by atoms with van der Waals surface area (Å²) in [5.41, 5.74) is 0.562. The van der Waals surface area contributed by atoms with Gasteiger partial charge >= 0.3 is 5.97 Å². The van der Waals surface area contributed by atoms with E-state index < -0.39 is 17.5 Å². The number of hydrogen-bond acceptors (Lipinski definition) is 8. The first kappa shape index (κ1) is 22.5. The Morgan fingerprint density at radius 2 is 1.97 bits per heavy atom. The van der Waals surface area contributed by atoms with E-state index >= 15 is 0 Å². The van der Waals surface area contributed by atoms with Crippen molar-refractivity contribution in [2.75, 3.05) is 25.7 Å². The predicted molar refractivity (Wildman–Crippen MR) is 116 cm³/mol. The minimum Gasteiger partial charge on any atom is -0.497 e. The zero-order valence-electron chi connectivity index (χ0n) is 18.9. The average Bonchev–Trinajstić information content (AvgIpc) is 2.84. The molecule has 1 aromatic heterocycles. The number of rotatable bonds is 5. The van der Waals surface area contributed by atoms with Crippen LogP contribution in [-0.4, -0.2) is 48.1 Å². The lowest BCUT2D eigenvalue weighted by Crippen LogP contribution is -2.33. The highest BCUT2D eigenvalue weighted by molar-refractivity contribution is 6.11. The number of esters is 1. The largest absolute Gasteiger partial charge is 0.497 e. The molecule has 0 aliphatic carbocycles. The number of Topliss-reactive ketones (excluding diaryl/α,β-unsaturated/α-hetero) is 1. The van der Waals surface area contributed by atoms with Gasteiger partial charge in [-0.25, -0.2) is 9.97 Å². The summed E-state index contributed by atoms with van der Waals surface area (Å²) in [5, 5.41) is 0. The monoisotopic (exact) mass is 427 g/mol. The molecular weight excluding hydrogens is 398 g/mol. The van der Waals surface area contributed by atoms with Crippen LogP contribution < -0.4 is 14.4 Å². The molecule has 1 unspecified atom stereocenters. The lowest BCUT2D eigenvalue weighted by Gasteiger charge is -2.25. The average molecular weight is 428 g/mol. The Balaban J connectivity index is 1.97. The third-order valence-corrected chi connectivity index (χ3v) is 5.01. The van der Waals surface area contributed by atoms with Crippen LogP contribution in [0.25, 0.3) is 0 Å². The number of ketones is 1. The second kappa shape index (κ2) is 8.91. The summed E-state index contributed by atoms with van der Waals surface area (Å²) in [7, 11) is 3.20. The fourth-order valence-corrected chi connectivity index (χ4v) is 3.52. The highest BCUT2D eigenvalue weighted by Gasteiger charge is 2.37. The molecule has 1 aromatic carbocycles. The van der Waals surface area contributed by atoms with Crippen LogP contribution in [0.2, 0.25) is 0 Å². The first-order valence-electron chi connectivity index (χ1n) is 10.2. The van der Waals surface area contributed by atoms with E-state index in [1.54, 1.807) is 41.9 Å². The van der Waals surface area contributed by atoms with Gasteiger partial charge in [-0.2, -0.15) is 0 Å². The van der Waals surface area contributed by atoms with Gasteiger partial charge in [0, 0.05) is 30.9 Å². The Labute approximate surface area is 182 Å². The topological polar surface area (TPSA) is 90.8 Å². The highest BCUT2D eigenvalue weighted by Crippen LogP contribution is 2.32. The third kappa shape index (κ3) is 5.13. The van der Waals surface area contributed by atoms with Gasteiger partial charge in [-0.05, 0) is 46.2 Å². The number of aromatic nitrogens is 2. The molecule has 2 aromatic rings. The van der Waals surface area contributed by atoms with Crippen molar-refractivity contribution >= 4 is 17.6 Å². The van der Waals surface area contributed by atoms with Gasteiger partial charge in [-0.1, -0.05) is 0 Å². The van der Waals surface area contributed by atoms with Crippen LogP contribution in [-0.2, 0) is 16.1 Å². The van der Waals surface area contributed by atoms with E-state index in [0.29, 0.717) is 48.2 Å². The van der Waals surface area contributed by atoms with Crippen LogP contribution in [0.3, 0.4) is 0 Å². The molecule has 8 nitrogen and oxygen atoms in total. The molecule has 2 heterocycles. The smallest absolute Gasteiger partial charge is 0.317 e. The predicted octanol–water partition coefficient (Wildman–Crippen LogP) is 3.35. The van der Waals surface area contributed by atoms with Gasteiger partial charge in [0.2, 0.25) is 0 Å². The normalized spacial score (nSPS) is 16.4. The standard InChI is InChI=1S/C23H29N3O5/c1-14-24-12-18-20(27)17(22(28)31-23(2,3)4)9-10-26(21(18)25-14)13-15-7-8-16(29-5)11-19(15)30-6/h7-8,11-12,17H,9-10,13H2,1-6H3. The third-order valence-electron chi connectivity index (χ3n) is 5.01. The second-order valence-electron chi connectivity index (χ2n) is 8.49. The fourth-order valence-electron chi connectivity index (χ4n) is 3.52. The SMILES string of the molecule is COc1ccc(CN2CCC(C(=O)OC(C)(C)C)C(=O)c3cnc(C)nc32)c(OC)c1. The van der Waals surface area contributed by atoms with Crippen LogP contribution >= 0.6 is 0 Å². The maximum absolute atomic E-state index is 13.2. The highest BCUT2D eigenvalue weighted by atomic mass is 16.6. The first-order valence-corrected chi connectivity index (χ1v) is 10.2. The van der Waals surface area contributed by atoms with Crippen molar-refractivity contribution in [1.82, 2.24) is 9.97 Å². The van der Waals surface area contributed by atoms with E-state index in [9.17, 15) is 9.59 Å². The molecule has 31 heavy (non-hydrogen) atoms. The first-order chi connectivity index (χ1) is 14.6. The summed E-state index contributed by atoms with van der Waals surface area (Å²) in [6, 6.07) is 5.59. The lowest BCUT2D eigenvalue weighted by atomic mass is 9.96. The maximum atomic E-state index is 13.2. The minimum atomic E-state index is -0.896. The molecule has 0 N–H and O–H groups in total. The van der Waals surface area contributed by atoms with Gasteiger partial charge in [0.1, 0.15) is 34.7 Å². The molecule has 0 radical (unpaired) electrons. The van der Waals surface area contributed by atoms with Crippen molar-refractivity contribution in [1.29, 1.82) is 0 Å². The van der Waals surface area contributed by atoms with Gasteiger partial charge in [-0.3, -0.25) is 9.59 Å². The second-order valence-corrected chi connectivity index (χ2v) is 8.49. The van der Waals surface area contributed by atoms with Crippen LogP contribution in [0.5, 0.6) is 11.5 Å². The molecule has 166 valence electrons. The number of fused-ring (bicyclic) bond motifs is 1. The number of aryl methyl sites for hydroxylation is 1. The molecule has 1 atom stereocenters. The molecule has 8 heteroatoms. The lowest BCUT2D eigenvalue weighted by molar-refractivity contribution is -0.158. The van der Waals surface area contributed by atoms with Gasteiger partial charge in [-0.15, -0.1) is 0 Å². The van der Waals surface area contributed by atoms with Crippen LogP contribution in [0, 0.1) is 12.8 Å². The van der Waals surface area contributed by atoms with E-state index in [4.69, 9.17) is 14.2 Å². The van der Waals surface area contributed by atoms with Crippen molar-refractivity contribution in [3.8, 4) is 11.5 Å². The zero-order chi connectivity index (χ0) is 22.8. The summed E-state index contributed by atoms with van der Waals surface area (Å²) < 4.78 is 16.3. The summed E-state index contributed by atoms with van der Waals surface area (Å²) in [6.07, 6.45) is 1.82. The summed E-state index contributed by atoms with van der Waals surface area (Å²) in [4.78, 5) is 36.7. The van der Waals surface area contributed by atoms with Gasteiger partial charge in [0.25, 0.3) is 0 Å². The number of benzene rings is 1. The van der Waals surface area contributed by atoms with Crippen molar-refractivity contribution in [3.05, 3.63) is 41.3 Å². The Morgan fingerprint density at radius 1 is 1.23 bits per heavy atom. The van der Waals surface area contributed by atoms with E-state index in [2.05, 4.69) is 9.97 Å². The Bertz CT molecular complexity index is 984. The number of carbonyl (C=O) groups is 2. The number of hydrogen-bond donors (Lipinski definition) is 0. The van der Waals surface area contributed by atoms with Crippen LogP contribution in [0.1, 0.15) is 48.9 Å². The molecule has 1 aliphatic rings. The van der Waals surface area contributed by atoms with Gasteiger partial charge < -0.3 is 19.1 Å². The fraction of sp³-hybridized carbons (Fsp3) is 0.478. The maximum Gasteiger partial charge on any atom is 0.317 e. The number of carbonyl (C=O) groups excluding carboxylic acids is 2. The van der Waals surface area contributed by atoms with E-state index in [1.165, 1.54) is 6.20 Å². The Morgan fingerprint density at radius 3 is 2.61 bits per heavy atom. The Hall–Kier alpha value is -3.16. The molecule has 0 saturated heterocycles. The molecule has 0 bridgehead atoms. The Kier molecular flexibility index (Phi) is 6.48. The van der Waals surface area contributed by atoms with Crippen molar-refractivity contribution in [2.45, 2.75) is 46.3 Å². The van der Waals surface area contributed by atoms with E-state index in [-0.39, 0.29) is 5.78 Å². The number of nitrogens with zero attached hydrogens (tertiary/aromatic N) is 3. The number of ether oxygens (including phenoxy) is 3. The van der Waals surface area contributed by atoms with E-state index in [1.807, 2.05) is 23.1 Å². The summed E-state index contributed by atoms with van der Waals surface area (Å²) in [5.74, 6) is 0.699. The zero-order valence-corrected chi connectivity index (χ0v) is 18.9. The minimum absolute atomic E-state index is 0.312. The molecule has 0 spiro atoms. The van der Waals surface area contributed by atoms with Crippen LogP contribution in [0.4, 0.5) is 5.82 Å². The van der Waals surface area contributed by atoms with Crippen LogP contribution in [0.15, 0.2) is 24.4 Å². The van der Waals surface area contributed by atoms with Crippen molar-refractivity contribution < 1.29 is 23.8 Å². The molecule has 3 rings (SSSR count). The molecule has 0 fully saturated rings.